The number of nitrogens with zero attached hydrogens (tertiary/aromatic N) is 3. The van der Waals surface area contributed by atoms with Crippen molar-refractivity contribution in [1.29, 1.82) is 0 Å². The van der Waals surface area contributed by atoms with Gasteiger partial charge in [-0.1, -0.05) is 60.5 Å². The van der Waals surface area contributed by atoms with E-state index in [1.807, 2.05) is 51.1 Å². The van der Waals surface area contributed by atoms with Gasteiger partial charge in [-0.25, -0.2) is 4.79 Å². The molecule has 212 valence electrons. The normalized spacial score (nSPS) is 13.7. The second-order valence-corrected chi connectivity index (χ2v) is 11.3. The van der Waals surface area contributed by atoms with Crippen molar-refractivity contribution < 1.29 is 14.3 Å². The molecule has 5 rings (SSSR count). The smallest absolute Gasteiger partial charge is 0.333 e. The highest BCUT2D eigenvalue weighted by atomic mass is 35.5. The van der Waals surface area contributed by atoms with E-state index in [0.29, 0.717) is 40.0 Å². The molecule has 0 spiro atoms. The van der Waals surface area contributed by atoms with E-state index in [1.54, 1.807) is 45.9 Å². The number of benzene rings is 3. The fourth-order valence-corrected chi connectivity index (χ4v) is 5.49. The summed E-state index contributed by atoms with van der Waals surface area (Å²) in [6.45, 7) is 6.56. The first-order chi connectivity index (χ1) is 19.6. The number of amides is 1. The minimum Gasteiger partial charge on any atom is -0.491 e. The zero-order valence-corrected chi connectivity index (χ0v) is 24.7. The number of hydrogen-bond acceptors (Lipinski definition) is 4. The van der Waals surface area contributed by atoms with Crippen LogP contribution in [0.5, 0.6) is 5.75 Å². The Morgan fingerprint density at radius 3 is 2.27 bits per heavy atom. The number of ketones is 1. The maximum absolute atomic E-state index is 14.0. The summed E-state index contributed by atoms with van der Waals surface area (Å²) >= 11 is 12.2. The monoisotopic (exact) mass is 591 g/mol. The standard InChI is InChI=1S/C32H31Cl2N3O4/c1-20(2)41-25-12-10-24(11-13-25)37-30(29(38)17-21(3)22-7-5-4-6-8-22)28-19-35(15-16-36(28)32(37)40)31(39)23-9-14-26(33)27(34)18-23/h4-14,18,20-21H,15-17,19H2,1-3H3/t21-/m0/s1. The first-order valence-corrected chi connectivity index (χ1v) is 14.3. The number of imidazole rings is 1. The molecule has 1 aromatic heterocycles. The molecule has 0 bridgehead atoms. The van der Waals surface area contributed by atoms with Gasteiger partial charge in [-0.05, 0) is 67.8 Å². The zero-order chi connectivity index (χ0) is 29.3. The van der Waals surface area contributed by atoms with E-state index < -0.39 is 0 Å². The fraction of sp³-hybridized carbons (Fsp3) is 0.281. The van der Waals surface area contributed by atoms with E-state index in [-0.39, 0.29) is 53.9 Å². The number of carbonyl (C=O) groups is 2. The summed E-state index contributed by atoms with van der Waals surface area (Å²) in [6.07, 6.45) is 0.205. The predicted octanol–water partition coefficient (Wildman–Crippen LogP) is 6.77. The Morgan fingerprint density at radius 1 is 0.902 bits per heavy atom. The van der Waals surface area contributed by atoms with Gasteiger partial charge in [-0.2, -0.15) is 0 Å². The summed E-state index contributed by atoms with van der Waals surface area (Å²) in [5.74, 6) is 0.187. The average Bonchev–Trinajstić information content (AvgIpc) is 3.26. The van der Waals surface area contributed by atoms with Crippen LogP contribution in [0.1, 0.15) is 65.2 Å². The number of halogens is 2. The van der Waals surface area contributed by atoms with Gasteiger partial charge in [-0.3, -0.25) is 18.7 Å². The van der Waals surface area contributed by atoms with E-state index in [1.165, 1.54) is 10.6 Å². The number of fused-ring (bicyclic) bond motifs is 1. The van der Waals surface area contributed by atoms with Crippen LogP contribution >= 0.6 is 23.2 Å². The van der Waals surface area contributed by atoms with Crippen molar-refractivity contribution in [3.05, 3.63) is 116 Å². The van der Waals surface area contributed by atoms with Gasteiger partial charge in [0, 0.05) is 25.1 Å². The molecule has 0 aliphatic carbocycles. The molecular formula is C32H31Cl2N3O4. The molecule has 3 aromatic carbocycles. The van der Waals surface area contributed by atoms with Crippen LogP contribution in [0, 0.1) is 0 Å². The van der Waals surface area contributed by atoms with Crippen molar-refractivity contribution in [2.24, 2.45) is 0 Å². The average molecular weight is 593 g/mol. The maximum atomic E-state index is 14.0. The van der Waals surface area contributed by atoms with Crippen molar-refractivity contribution >= 4 is 34.9 Å². The minimum atomic E-state index is -0.310. The summed E-state index contributed by atoms with van der Waals surface area (Å²) in [7, 11) is 0. The Morgan fingerprint density at radius 2 is 1.61 bits per heavy atom. The van der Waals surface area contributed by atoms with Crippen LogP contribution in [0.4, 0.5) is 0 Å². The van der Waals surface area contributed by atoms with Crippen LogP contribution in [-0.4, -0.2) is 38.4 Å². The highest BCUT2D eigenvalue weighted by molar-refractivity contribution is 6.42. The van der Waals surface area contributed by atoms with Crippen molar-refractivity contribution in [1.82, 2.24) is 14.0 Å². The van der Waals surface area contributed by atoms with Crippen LogP contribution in [0.2, 0.25) is 10.0 Å². The van der Waals surface area contributed by atoms with E-state index in [2.05, 4.69) is 0 Å². The highest BCUT2D eigenvalue weighted by Gasteiger charge is 2.32. The number of carbonyl (C=O) groups excluding carboxylic acids is 2. The van der Waals surface area contributed by atoms with Crippen molar-refractivity contribution in [2.45, 2.75) is 52.3 Å². The lowest BCUT2D eigenvalue weighted by molar-refractivity contribution is 0.0706. The summed E-state index contributed by atoms with van der Waals surface area (Å²) < 4.78 is 8.86. The number of ether oxygens (including phenoxy) is 1. The summed E-state index contributed by atoms with van der Waals surface area (Å²) in [5.41, 5.74) is 2.49. The molecule has 0 saturated heterocycles. The second kappa shape index (κ2) is 12.0. The topological polar surface area (TPSA) is 73.5 Å². The van der Waals surface area contributed by atoms with Gasteiger partial charge >= 0.3 is 5.69 Å². The molecule has 0 unspecified atom stereocenters. The molecule has 0 fully saturated rings. The lowest BCUT2D eigenvalue weighted by Gasteiger charge is -2.28. The molecule has 1 aliphatic rings. The fourth-order valence-electron chi connectivity index (χ4n) is 5.19. The third kappa shape index (κ3) is 5.97. The van der Waals surface area contributed by atoms with E-state index in [4.69, 9.17) is 27.9 Å². The van der Waals surface area contributed by atoms with Gasteiger partial charge in [0.05, 0.1) is 34.1 Å². The van der Waals surface area contributed by atoms with Crippen LogP contribution in [0.15, 0.2) is 77.6 Å². The molecule has 0 radical (unpaired) electrons. The lowest BCUT2D eigenvalue weighted by Crippen LogP contribution is -2.41. The molecule has 41 heavy (non-hydrogen) atoms. The molecule has 7 nitrogen and oxygen atoms in total. The number of aromatic nitrogens is 2. The predicted molar refractivity (Wildman–Crippen MR) is 161 cm³/mol. The number of rotatable bonds is 8. The molecule has 2 heterocycles. The van der Waals surface area contributed by atoms with Crippen LogP contribution in [-0.2, 0) is 13.1 Å². The largest absolute Gasteiger partial charge is 0.491 e. The van der Waals surface area contributed by atoms with Gasteiger partial charge in [0.15, 0.2) is 5.78 Å². The molecule has 1 aliphatic heterocycles. The Bertz CT molecular complexity index is 1640. The van der Waals surface area contributed by atoms with Gasteiger partial charge < -0.3 is 9.64 Å². The van der Waals surface area contributed by atoms with E-state index in [0.717, 1.165) is 5.56 Å². The van der Waals surface area contributed by atoms with Crippen LogP contribution < -0.4 is 10.4 Å². The minimum absolute atomic E-state index is 0.000946. The molecule has 9 heteroatoms. The first-order valence-electron chi connectivity index (χ1n) is 13.6. The molecule has 0 saturated carbocycles. The van der Waals surface area contributed by atoms with Gasteiger partial charge in [-0.15, -0.1) is 0 Å². The summed E-state index contributed by atoms with van der Waals surface area (Å²) in [6, 6.07) is 21.7. The SMILES string of the molecule is CC(C)Oc1ccc(-n2c(C(=O)C[C@H](C)c3ccccc3)c3n(c2=O)CCN(C(=O)c2ccc(Cl)c(Cl)c2)C3)cc1. The van der Waals surface area contributed by atoms with Gasteiger partial charge in [0.2, 0.25) is 0 Å². The molecule has 0 N–H and O–H groups in total. The number of hydrogen-bond donors (Lipinski definition) is 0. The second-order valence-electron chi connectivity index (χ2n) is 10.5. The van der Waals surface area contributed by atoms with Crippen molar-refractivity contribution in [2.75, 3.05) is 6.54 Å². The maximum Gasteiger partial charge on any atom is 0.333 e. The lowest BCUT2D eigenvalue weighted by atomic mass is 9.94. The number of Topliss-reactive ketones (excluding diaryl/α,β-unsaturated/α-hetero) is 1. The van der Waals surface area contributed by atoms with Crippen molar-refractivity contribution in [3.63, 3.8) is 0 Å². The third-order valence-corrected chi connectivity index (χ3v) is 7.96. The van der Waals surface area contributed by atoms with Crippen LogP contribution in [0.25, 0.3) is 5.69 Å². The Kier molecular flexibility index (Phi) is 8.38. The van der Waals surface area contributed by atoms with Gasteiger partial charge in [0.1, 0.15) is 11.4 Å². The first kappa shape index (κ1) is 28.7. The van der Waals surface area contributed by atoms with E-state index >= 15 is 0 Å². The Hall–Kier alpha value is -3.81. The molecule has 1 amide bonds. The quantitative estimate of drug-likeness (QED) is 0.212. The highest BCUT2D eigenvalue weighted by Crippen LogP contribution is 2.28. The Labute approximate surface area is 248 Å². The zero-order valence-electron chi connectivity index (χ0n) is 23.1. The van der Waals surface area contributed by atoms with Gasteiger partial charge in [0.25, 0.3) is 5.91 Å². The third-order valence-electron chi connectivity index (χ3n) is 7.22. The van der Waals surface area contributed by atoms with E-state index in [9.17, 15) is 14.4 Å². The molecule has 4 aromatic rings. The molecular weight excluding hydrogens is 561 g/mol. The summed E-state index contributed by atoms with van der Waals surface area (Å²) in [4.78, 5) is 42.9. The summed E-state index contributed by atoms with van der Waals surface area (Å²) in [5, 5.41) is 0.645. The van der Waals surface area contributed by atoms with Crippen LogP contribution in [0.3, 0.4) is 0 Å². The molecule has 1 atom stereocenters. The Balaban J connectivity index is 1.55. The van der Waals surface area contributed by atoms with Crippen molar-refractivity contribution in [3.8, 4) is 11.4 Å².